The van der Waals surface area contributed by atoms with Crippen molar-refractivity contribution in [2.24, 2.45) is 11.8 Å². The van der Waals surface area contributed by atoms with E-state index in [4.69, 9.17) is 0 Å². The summed E-state index contributed by atoms with van der Waals surface area (Å²) in [6, 6.07) is 5.26. The number of hydrogen-bond acceptors (Lipinski definition) is 3. The van der Waals surface area contributed by atoms with Crippen molar-refractivity contribution >= 4 is 15.7 Å². The van der Waals surface area contributed by atoms with E-state index < -0.39 is 10.0 Å². The summed E-state index contributed by atoms with van der Waals surface area (Å²) >= 11 is 0. The Balaban J connectivity index is 1.76. The van der Waals surface area contributed by atoms with Gasteiger partial charge in [0.25, 0.3) is 0 Å². The molecule has 26 heavy (non-hydrogen) atoms. The van der Waals surface area contributed by atoms with Gasteiger partial charge in [-0.05, 0) is 56.6 Å². The molecule has 1 saturated carbocycles. The first-order valence-corrected chi connectivity index (χ1v) is 11.5. The van der Waals surface area contributed by atoms with Crippen LogP contribution in [0.25, 0.3) is 0 Å². The van der Waals surface area contributed by atoms with Crippen LogP contribution >= 0.6 is 0 Å². The van der Waals surface area contributed by atoms with Crippen LogP contribution in [0.3, 0.4) is 0 Å². The van der Waals surface area contributed by atoms with Crippen LogP contribution in [0.2, 0.25) is 0 Å². The second-order valence-corrected chi connectivity index (χ2v) is 9.89. The van der Waals surface area contributed by atoms with Crippen molar-refractivity contribution in [3.8, 4) is 0 Å². The Labute approximate surface area is 157 Å². The van der Waals surface area contributed by atoms with E-state index in [9.17, 15) is 12.8 Å². The summed E-state index contributed by atoms with van der Waals surface area (Å²) in [4.78, 5) is 2.22. The average Bonchev–Trinajstić information content (AvgIpc) is 3.30. The SMILES string of the molecule is CC[C@H]1CCCS(=O)(=O)N1Cc1ccc(N(CC)C[C@@H]2C[C@H]2C)cc1F. The molecule has 0 spiro atoms. The highest BCUT2D eigenvalue weighted by molar-refractivity contribution is 7.89. The second kappa shape index (κ2) is 7.85. The van der Waals surface area contributed by atoms with Gasteiger partial charge < -0.3 is 4.90 Å². The molecule has 0 amide bonds. The fourth-order valence-electron chi connectivity index (χ4n) is 4.01. The van der Waals surface area contributed by atoms with E-state index in [2.05, 4.69) is 18.7 Å². The molecule has 2 fully saturated rings. The van der Waals surface area contributed by atoms with E-state index in [0.29, 0.717) is 17.9 Å². The lowest BCUT2D eigenvalue weighted by Gasteiger charge is -2.34. The van der Waals surface area contributed by atoms with Crippen molar-refractivity contribution in [3.63, 3.8) is 0 Å². The molecule has 1 aliphatic heterocycles. The largest absolute Gasteiger partial charge is 0.371 e. The Hall–Kier alpha value is -1.14. The Morgan fingerprint density at radius 1 is 1.31 bits per heavy atom. The molecule has 0 radical (unpaired) electrons. The van der Waals surface area contributed by atoms with Crippen molar-refractivity contribution < 1.29 is 12.8 Å². The molecule has 6 heteroatoms. The number of nitrogens with zero attached hydrogens (tertiary/aromatic N) is 2. The van der Waals surface area contributed by atoms with E-state index in [1.165, 1.54) is 10.7 Å². The maximum atomic E-state index is 14.8. The van der Waals surface area contributed by atoms with Gasteiger partial charge in [0.1, 0.15) is 5.82 Å². The van der Waals surface area contributed by atoms with Crippen molar-refractivity contribution in [2.75, 3.05) is 23.7 Å². The van der Waals surface area contributed by atoms with Crippen LogP contribution in [-0.2, 0) is 16.6 Å². The molecule has 1 aromatic rings. The third-order valence-corrected chi connectivity index (χ3v) is 7.96. The minimum Gasteiger partial charge on any atom is -0.371 e. The van der Waals surface area contributed by atoms with Gasteiger partial charge in [-0.2, -0.15) is 4.31 Å². The normalized spacial score (nSPS) is 28.1. The highest BCUT2D eigenvalue weighted by Gasteiger charge is 2.35. The summed E-state index contributed by atoms with van der Waals surface area (Å²) in [5.74, 6) is 1.34. The van der Waals surface area contributed by atoms with E-state index >= 15 is 0 Å². The van der Waals surface area contributed by atoms with Crippen molar-refractivity contribution in [2.45, 2.75) is 59.0 Å². The van der Waals surface area contributed by atoms with E-state index in [1.54, 1.807) is 12.1 Å². The summed E-state index contributed by atoms with van der Waals surface area (Å²) in [5.41, 5.74) is 1.36. The first kappa shape index (κ1) is 19.6. The molecule has 4 nitrogen and oxygen atoms in total. The summed E-state index contributed by atoms with van der Waals surface area (Å²) < 4.78 is 41.2. The fraction of sp³-hybridized carbons (Fsp3) is 0.700. The maximum absolute atomic E-state index is 14.8. The van der Waals surface area contributed by atoms with Crippen LogP contribution < -0.4 is 4.90 Å². The van der Waals surface area contributed by atoms with Gasteiger partial charge in [0.15, 0.2) is 0 Å². The topological polar surface area (TPSA) is 40.6 Å². The lowest BCUT2D eigenvalue weighted by atomic mass is 10.1. The molecular formula is C20H31FN2O2S. The van der Waals surface area contributed by atoms with E-state index in [0.717, 1.165) is 37.5 Å². The highest BCUT2D eigenvalue weighted by Crippen LogP contribution is 2.39. The highest BCUT2D eigenvalue weighted by atomic mass is 32.2. The third kappa shape index (κ3) is 4.22. The van der Waals surface area contributed by atoms with E-state index in [1.807, 2.05) is 13.0 Å². The van der Waals surface area contributed by atoms with Gasteiger partial charge >= 0.3 is 0 Å². The summed E-state index contributed by atoms with van der Waals surface area (Å²) in [6.45, 7) is 8.29. The van der Waals surface area contributed by atoms with Crippen LogP contribution in [0.15, 0.2) is 18.2 Å². The van der Waals surface area contributed by atoms with Crippen molar-refractivity contribution in [1.29, 1.82) is 0 Å². The smallest absolute Gasteiger partial charge is 0.214 e. The van der Waals surface area contributed by atoms with Gasteiger partial charge in [-0.25, -0.2) is 12.8 Å². The monoisotopic (exact) mass is 382 g/mol. The average molecular weight is 383 g/mol. The molecule has 2 aliphatic rings. The van der Waals surface area contributed by atoms with Gasteiger partial charge in [0, 0.05) is 36.9 Å². The van der Waals surface area contributed by atoms with Gasteiger partial charge in [-0.1, -0.05) is 19.9 Å². The van der Waals surface area contributed by atoms with Crippen molar-refractivity contribution in [1.82, 2.24) is 4.31 Å². The van der Waals surface area contributed by atoms with E-state index in [-0.39, 0.29) is 24.2 Å². The van der Waals surface area contributed by atoms with Crippen LogP contribution in [0.5, 0.6) is 0 Å². The molecule has 3 atom stereocenters. The predicted octanol–water partition coefficient (Wildman–Crippen LogP) is 4.01. The zero-order valence-electron chi connectivity index (χ0n) is 16.1. The minimum absolute atomic E-state index is 0.0173. The molecule has 0 aromatic heterocycles. The number of halogens is 1. The molecule has 0 N–H and O–H groups in total. The molecule has 1 aliphatic carbocycles. The Morgan fingerprint density at radius 2 is 2.04 bits per heavy atom. The van der Waals surface area contributed by atoms with Crippen LogP contribution in [0, 0.1) is 17.7 Å². The second-order valence-electron chi connectivity index (χ2n) is 7.85. The molecular weight excluding hydrogens is 351 g/mol. The Kier molecular flexibility index (Phi) is 5.92. The molecule has 1 aromatic carbocycles. The predicted molar refractivity (Wildman–Crippen MR) is 104 cm³/mol. The zero-order chi connectivity index (χ0) is 18.9. The third-order valence-electron chi connectivity index (χ3n) is 6.02. The first-order chi connectivity index (χ1) is 12.4. The Bertz CT molecular complexity index is 737. The zero-order valence-corrected chi connectivity index (χ0v) is 16.9. The number of benzene rings is 1. The number of hydrogen-bond donors (Lipinski definition) is 0. The van der Waals surface area contributed by atoms with Gasteiger partial charge in [0.2, 0.25) is 10.0 Å². The van der Waals surface area contributed by atoms with Gasteiger partial charge in [-0.3, -0.25) is 0 Å². The lowest BCUT2D eigenvalue weighted by Crippen LogP contribution is -2.44. The molecule has 3 rings (SSSR count). The van der Waals surface area contributed by atoms with Crippen LogP contribution in [0.4, 0.5) is 10.1 Å². The lowest BCUT2D eigenvalue weighted by molar-refractivity contribution is 0.269. The molecule has 146 valence electrons. The summed E-state index contributed by atoms with van der Waals surface area (Å²) in [6.07, 6.45) is 3.58. The van der Waals surface area contributed by atoms with Gasteiger partial charge in [0.05, 0.1) is 5.75 Å². The van der Waals surface area contributed by atoms with Crippen LogP contribution in [-0.4, -0.2) is 37.6 Å². The molecule has 0 unspecified atom stereocenters. The maximum Gasteiger partial charge on any atom is 0.214 e. The standard InChI is InChI=1S/C20H31FN2O2S/c1-4-18-7-6-10-26(24,25)23(18)14-16-8-9-19(12-20(16)21)22(5-2)13-17-11-15(17)3/h8-9,12,15,17-18H,4-7,10-11,13-14H2,1-3H3/t15-,17+,18+/m1/s1. The summed E-state index contributed by atoms with van der Waals surface area (Å²) in [5, 5.41) is 0. The quantitative estimate of drug-likeness (QED) is 0.715. The number of rotatable bonds is 7. The number of sulfonamides is 1. The minimum atomic E-state index is -3.29. The Morgan fingerprint density at radius 3 is 2.62 bits per heavy atom. The summed E-state index contributed by atoms with van der Waals surface area (Å²) in [7, 11) is -3.29. The molecule has 1 heterocycles. The van der Waals surface area contributed by atoms with Crippen molar-refractivity contribution in [3.05, 3.63) is 29.6 Å². The number of anilines is 1. The molecule has 0 bridgehead atoms. The van der Waals surface area contributed by atoms with Crippen LogP contribution in [0.1, 0.15) is 52.0 Å². The first-order valence-electron chi connectivity index (χ1n) is 9.88. The fourth-order valence-corrected chi connectivity index (χ4v) is 5.82. The van der Waals surface area contributed by atoms with Gasteiger partial charge in [-0.15, -0.1) is 0 Å². The molecule has 1 saturated heterocycles.